The molecule has 0 heterocycles. The quantitative estimate of drug-likeness (QED) is 0.488. The van der Waals surface area contributed by atoms with Crippen molar-refractivity contribution in [3.63, 3.8) is 0 Å². The molecule has 1 aromatic rings. The van der Waals surface area contributed by atoms with Gasteiger partial charge in [0.15, 0.2) is 6.61 Å². The highest BCUT2D eigenvalue weighted by atomic mass is 16.6. The molecular weight excluding hydrogens is 236 g/mol. The second-order valence-corrected chi connectivity index (χ2v) is 3.54. The van der Waals surface area contributed by atoms with E-state index in [-0.39, 0.29) is 5.76 Å². The van der Waals surface area contributed by atoms with Crippen LogP contribution in [0.1, 0.15) is 11.1 Å². The van der Waals surface area contributed by atoms with E-state index >= 15 is 0 Å². The number of carbonyl (C=O) groups excluding carboxylic acids is 1. The monoisotopic (exact) mass is 250 g/mol. The molecule has 0 saturated heterocycles. The van der Waals surface area contributed by atoms with Crippen molar-refractivity contribution in [3.8, 4) is 0 Å². The van der Waals surface area contributed by atoms with Crippen molar-refractivity contribution in [1.29, 1.82) is 0 Å². The summed E-state index contributed by atoms with van der Waals surface area (Å²) in [6.07, 6.45) is 1.38. The van der Waals surface area contributed by atoms with Crippen LogP contribution in [0.2, 0.25) is 0 Å². The lowest BCUT2D eigenvalue weighted by molar-refractivity contribution is -0.146. The predicted molar refractivity (Wildman–Crippen MR) is 64.8 cm³/mol. The van der Waals surface area contributed by atoms with E-state index in [1.165, 1.54) is 13.2 Å². The Morgan fingerprint density at radius 1 is 1.33 bits per heavy atom. The number of esters is 1. The van der Waals surface area contributed by atoms with Crippen molar-refractivity contribution >= 4 is 18.0 Å². The summed E-state index contributed by atoms with van der Waals surface area (Å²) < 4.78 is 9.27. The van der Waals surface area contributed by atoms with E-state index in [1.807, 2.05) is 19.1 Å². The van der Waals surface area contributed by atoms with Gasteiger partial charge in [-0.25, -0.2) is 9.59 Å². The third-order valence-electron chi connectivity index (χ3n) is 2.26. The van der Waals surface area contributed by atoms with Gasteiger partial charge in [0, 0.05) is 0 Å². The summed E-state index contributed by atoms with van der Waals surface area (Å²) in [5.41, 5.74) is 1.64. The molecule has 0 aliphatic heterocycles. The number of ether oxygens (including phenoxy) is 2. The van der Waals surface area contributed by atoms with Crippen molar-refractivity contribution in [2.45, 2.75) is 6.92 Å². The molecule has 0 spiro atoms. The highest BCUT2D eigenvalue weighted by molar-refractivity contribution is 5.90. The molecule has 5 nitrogen and oxygen atoms in total. The molecule has 0 amide bonds. The molecule has 0 atom stereocenters. The first-order chi connectivity index (χ1) is 8.54. The molecular formula is C13H14O5. The van der Waals surface area contributed by atoms with Crippen molar-refractivity contribution in [2.24, 2.45) is 0 Å². The first-order valence-electron chi connectivity index (χ1n) is 5.25. The molecule has 18 heavy (non-hydrogen) atoms. The third kappa shape index (κ3) is 3.93. The van der Waals surface area contributed by atoms with E-state index < -0.39 is 18.5 Å². The van der Waals surface area contributed by atoms with Gasteiger partial charge in [-0.15, -0.1) is 0 Å². The number of benzene rings is 1. The zero-order chi connectivity index (χ0) is 13.5. The lowest BCUT2D eigenvalue weighted by atomic mass is 10.1. The first kappa shape index (κ1) is 13.8. The number of carboxylic acid groups (broad SMARTS) is 1. The fraction of sp³-hybridized carbons (Fsp3) is 0.231. The Labute approximate surface area is 105 Å². The number of hydrogen-bond donors (Lipinski definition) is 1. The number of rotatable bonds is 5. The summed E-state index contributed by atoms with van der Waals surface area (Å²) >= 11 is 0. The summed E-state index contributed by atoms with van der Waals surface area (Å²) in [6, 6.07) is 7.26. The number of carboxylic acids is 1. The zero-order valence-electron chi connectivity index (χ0n) is 10.2. The second-order valence-electron chi connectivity index (χ2n) is 3.54. The van der Waals surface area contributed by atoms with Crippen LogP contribution in [-0.2, 0) is 19.1 Å². The van der Waals surface area contributed by atoms with E-state index in [0.29, 0.717) is 0 Å². The van der Waals surface area contributed by atoms with Crippen molar-refractivity contribution < 1.29 is 24.2 Å². The number of hydrogen-bond acceptors (Lipinski definition) is 4. The summed E-state index contributed by atoms with van der Waals surface area (Å²) in [7, 11) is 1.21. The van der Waals surface area contributed by atoms with E-state index in [4.69, 9.17) is 9.84 Å². The summed E-state index contributed by atoms with van der Waals surface area (Å²) in [4.78, 5) is 21.9. The molecule has 1 rings (SSSR count). The average molecular weight is 250 g/mol. The third-order valence-corrected chi connectivity index (χ3v) is 2.26. The molecule has 0 aliphatic rings. The SMILES string of the molecule is COC(=O)CO/C(=C\c1ccccc1C)C(=O)O. The zero-order valence-corrected chi connectivity index (χ0v) is 10.2. The van der Waals surface area contributed by atoms with Crippen LogP contribution in [0.5, 0.6) is 0 Å². The maximum Gasteiger partial charge on any atom is 0.371 e. The molecule has 0 bridgehead atoms. The Hall–Kier alpha value is -2.30. The Kier molecular flexibility index (Phi) is 4.92. The number of carbonyl (C=O) groups is 2. The lowest BCUT2D eigenvalue weighted by Gasteiger charge is -2.06. The van der Waals surface area contributed by atoms with Gasteiger partial charge < -0.3 is 14.6 Å². The largest absolute Gasteiger partial charge is 0.475 e. The molecule has 5 heteroatoms. The predicted octanol–water partition coefficient (Wildman–Crippen LogP) is 1.61. The fourth-order valence-electron chi connectivity index (χ4n) is 1.25. The summed E-state index contributed by atoms with van der Waals surface area (Å²) in [5, 5.41) is 8.97. The van der Waals surface area contributed by atoms with Crippen LogP contribution in [0.3, 0.4) is 0 Å². The Morgan fingerprint density at radius 2 is 2.00 bits per heavy atom. The normalized spacial score (nSPS) is 10.9. The number of methoxy groups -OCH3 is 1. The van der Waals surface area contributed by atoms with E-state index in [2.05, 4.69) is 4.74 Å². The number of aryl methyl sites for hydroxylation is 1. The Balaban J connectivity index is 2.88. The van der Waals surface area contributed by atoms with E-state index in [0.717, 1.165) is 11.1 Å². The molecule has 0 saturated carbocycles. The highest BCUT2D eigenvalue weighted by Crippen LogP contribution is 2.13. The molecule has 0 fully saturated rings. The minimum Gasteiger partial charge on any atom is -0.475 e. The molecule has 96 valence electrons. The Bertz CT molecular complexity index is 476. The number of aliphatic carboxylic acids is 1. The van der Waals surface area contributed by atoms with Gasteiger partial charge in [-0.05, 0) is 24.1 Å². The van der Waals surface area contributed by atoms with Crippen molar-refractivity contribution in [3.05, 3.63) is 41.2 Å². The smallest absolute Gasteiger partial charge is 0.371 e. The molecule has 0 aromatic heterocycles. The van der Waals surface area contributed by atoms with Crippen LogP contribution in [0.4, 0.5) is 0 Å². The first-order valence-corrected chi connectivity index (χ1v) is 5.25. The van der Waals surface area contributed by atoms with Gasteiger partial charge in [0.1, 0.15) is 0 Å². The molecule has 1 aromatic carbocycles. The average Bonchev–Trinajstić information content (AvgIpc) is 2.35. The van der Waals surface area contributed by atoms with Gasteiger partial charge in [0.05, 0.1) is 7.11 Å². The van der Waals surface area contributed by atoms with Crippen LogP contribution in [0.25, 0.3) is 6.08 Å². The van der Waals surface area contributed by atoms with Crippen LogP contribution >= 0.6 is 0 Å². The van der Waals surface area contributed by atoms with Crippen LogP contribution in [-0.4, -0.2) is 30.8 Å². The summed E-state index contributed by atoms with van der Waals surface area (Å²) in [5.74, 6) is -2.16. The topological polar surface area (TPSA) is 72.8 Å². The highest BCUT2D eigenvalue weighted by Gasteiger charge is 2.12. The minimum atomic E-state index is -1.23. The second kappa shape index (κ2) is 6.44. The summed E-state index contributed by atoms with van der Waals surface area (Å²) in [6.45, 7) is 1.42. The van der Waals surface area contributed by atoms with Crippen LogP contribution in [0, 0.1) is 6.92 Å². The van der Waals surface area contributed by atoms with Gasteiger partial charge >= 0.3 is 11.9 Å². The van der Waals surface area contributed by atoms with Gasteiger partial charge in [-0.3, -0.25) is 0 Å². The Morgan fingerprint density at radius 3 is 2.56 bits per heavy atom. The van der Waals surface area contributed by atoms with E-state index in [9.17, 15) is 9.59 Å². The molecule has 1 N–H and O–H groups in total. The lowest BCUT2D eigenvalue weighted by Crippen LogP contribution is -2.13. The van der Waals surface area contributed by atoms with Crippen LogP contribution in [0.15, 0.2) is 30.0 Å². The maximum absolute atomic E-state index is 11.0. The molecule has 0 radical (unpaired) electrons. The van der Waals surface area contributed by atoms with Crippen molar-refractivity contribution in [1.82, 2.24) is 0 Å². The van der Waals surface area contributed by atoms with Gasteiger partial charge in [-0.1, -0.05) is 24.3 Å². The van der Waals surface area contributed by atoms with Crippen LogP contribution < -0.4 is 0 Å². The molecule has 0 aliphatic carbocycles. The van der Waals surface area contributed by atoms with Crippen molar-refractivity contribution in [2.75, 3.05) is 13.7 Å². The standard InChI is InChI=1S/C13H14O5/c1-9-5-3-4-6-10(9)7-11(13(15)16)18-8-12(14)17-2/h3-7H,8H2,1-2H3,(H,15,16)/b11-7-. The van der Waals surface area contributed by atoms with Gasteiger partial charge in [0.25, 0.3) is 0 Å². The maximum atomic E-state index is 11.0. The fourth-order valence-corrected chi connectivity index (χ4v) is 1.25. The minimum absolute atomic E-state index is 0.297. The van der Waals surface area contributed by atoms with Gasteiger partial charge in [-0.2, -0.15) is 0 Å². The molecule has 0 unspecified atom stereocenters. The van der Waals surface area contributed by atoms with E-state index in [1.54, 1.807) is 12.1 Å². The van der Waals surface area contributed by atoms with Gasteiger partial charge in [0.2, 0.25) is 5.76 Å².